The van der Waals surface area contributed by atoms with Crippen molar-refractivity contribution in [1.82, 2.24) is 20.0 Å². The highest BCUT2D eigenvalue weighted by Crippen LogP contribution is 2.14. The molecule has 0 atom stereocenters. The molecule has 2 heterocycles. The maximum absolute atomic E-state index is 11.9. The van der Waals surface area contributed by atoms with Gasteiger partial charge in [-0.05, 0) is 28.9 Å². The molecule has 0 saturated heterocycles. The third-order valence-corrected chi connectivity index (χ3v) is 2.91. The van der Waals surface area contributed by atoms with Crippen LogP contribution in [0.15, 0.2) is 27.7 Å². The molecular weight excluding hydrogens is 300 g/mol. The fourth-order valence-electron chi connectivity index (χ4n) is 1.61. The fourth-order valence-corrected chi connectivity index (χ4v) is 2.07. The number of halogens is 1. The van der Waals surface area contributed by atoms with Gasteiger partial charge in [0.15, 0.2) is 5.82 Å². The minimum Gasteiger partial charge on any atom is -0.350 e. The predicted octanol–water partition coefficient (Wildman–Crippen LogP) is 1.63. The Morgan fingerprint density at radius 1 is 1.61 bits per heavy atom. The first-order valence-corrected chi connectivity index (χ1v) is 6.39. The molecule has 1 amide bonds. The van der Waals surface area contributed by atoms with Crippen molar-refractivity contribution in [3.8, 4) is 0 Å². The fraction of sp³-hybridized carbons (Fsp3) is 0.364. The highest BCUT2D eigenvalue weighted by Gasteiger charge is 2.11. The van der Waals surface area contributed by atoms with Crippen LogP contribution in [0.1, 0.15) is 23.2 Å². The Balaban J connectivity index is 1.91. The maximum Gasteiger partial charge on any atom is 0.267 e. The average Bonchev–Trinajstić information content (AvgIpc) is 2.98. The number of nitrogens with one attached hydrogen (secondary N) is 1. The van der Waals surface area contributed by atoms with Crippen molar-refractivity contribution in [2.24, 2.45) is 0 Å². The van der Waals surface area contributed by atoms with Gasteiger partial charge in [-0.2, -0.15) is 4.98 Å². The van der Waals surface area contributed by atoms with Crippen LogP contribution in [-0.4, -0.2) is 27.2 Å². The number of aromatic nitrogens is 3. The van der Waals surface area contributed by atoms with E-state index >= 15 is 0 Å². The minimum atomic E-state index is -0.106. The number of amides is 1. The lowest BCUT2D eigenvalue weighted by Crippen LogP contribution is -2.27. The predicted molar refractivity (Wildman–Crippen MR) is 68.1 cm³/mol. The smallest absolute Gasteiger partial charge is 0.267 e. The Morgan fingerprint density at radius 3 is 3.11 bits per heavy atom. The van der Waals surface area contributed by atoms with Crippen LogP contribution in [0.25, 0.3) is 0 Å². The standard InChI is InChI=1S/C11H13BrN4O2/c1-2-16-6-8(12)5-9(16)11(17)13-4-3-10-14-7-18-15-10/h5-7H,2-4H2,1H3,(H,13,17). The Labute approximate surface area is 112 Å². The normalized spacial score (nSPS) is 10.6. The Hall–Kier alpha value is -1.63. The molecule has 18 heavy (non-hydrogen) atoms. The molecule has 2 rings (SSSR count). The van der Waals surface area contributed by atoms with E-state index in [0.717, 1.165) is 11.0 Å². The third kappa shape index (κ3) is 2.98. The molecule has 0 radical (unpaired) electrons. The monoisotopic (exact) mass is 312 g/mol. The molecule has 0 bridgehead atoms. The molecule has 2 aromatic rings. The van der Waals surface area contributed by atoms with Gasteiger partial charge in [-0.3, -0.25) is 4.79 Å². The molecule has 1 N–H and O–H groups in total. The summed E-state index contributed by atoms with van der Waals surface area (Å²) < 4.78 is 7.39. The summed E-state index contributed by atoms with van der Waals surface area (Å²) in [6.45, 7) is 3.21. The molecule has 0 spiro atoms. The van der Waals surface area contributed by atoms with Crippen molar-refractivity contribution < 1.29 is 9.32 Å². The van der Waals surface area contributed by atoms with E-state index in [-0.39, 0.29) is 5.91 Å². The van der Waals surface area contributed by atoms with Crippen LogP contribution in [0.5, 0.6) is 0 Å². The molecule has 0 unspecified atom stereocenters. The van der Waals surface area contributed by atoms with Gasteiger partial charge < -0.3 is 14.4 Å². The highest BCUT2D eigenvalue weighted by atomic mass is 79.9. The second-order valence-corrected chi connectivity index (χ2v) is 4.60. The summed E-state index contributed by atoms with van der Waals surface area (Å²) in [6, 6.07) is 1.80. The number of rotatable bonds is 5. The van der Waals surface area contributed by atoms with Crippen LogP contribution in [-0.2, 0) is 13.0 Å². The van der Waals surface area contributed by atoms with Crippen LogP contribution in [0.4, 0.5) is 0 Å². The highest BCUT2D eigenvalue weighted by molar-refractivity contribution is 9.10. The van der Waals surface area contributed by atoms with Gasteiger partial charge in [-0.15, -0.1) is 0 Å². The quantitative estimate of drug-likeness (QED) is 0.910. The van der Waals surface area contributed by atoms with E-state index in [1.807, 2.05) is 17.7 Å². The molecule has 7 heteroatoms. The van der Waals surface area contributed by atoms with E-state index in [9.17, 15) is 4.79 Å². The van der Waals surface area contributed by atoms with Gasteiger partial charge in [0.25, 0.3) is 5.91 Å². The minimum absolute atomic E-state index is 0.106. The largest absolute Gasteiger partial charge is 0.350 e. The SMILES string of the molecule is CCn1cc(Br)cc1C(=O)NCCc1ncon1. The average molecular weight is 313 g/mol. The topological polar surface area (TPSA) is 73.0 Å². The first-order chi connectivity index (χ1) is 8.70. The second-order valence-electron chi connectivity index (χ2n) is 3.68. The van der Waals surface area contributed by atoms with Crippen molar-refractivity contribution in [3.63, 3.8) is 0 Å². The molecule has 0 aromatic carbocycles. The molecule has 0 saturated carbocycles. The van der Waals surface area contributed by atoms with Crippen molar-refractivity contribution >= 4 is 21.8 Å². The number of carbonyl (C=O) groups excluding carboxylic acids is 1. The van der Waals surface area contributed by atoms with Crippen LogP contribution >= 0.6 is 15.9 Å². The summed E-state index contributed by atoms with van der Waals surface area (Å²) in [5.41, 5.74) is 0.637. The lowest BCUT2D eigenvalue weighted by Gasteiger charge is -2.06. The van der Waals surface area contributed by atoms with Crippen LogP contribution in [0, 0.1) is 0 Å². The van der Waals surface area contributed by atoms with Crippen molar-refractivity contribution in [3.05, 3.63) is 34.6 Å². The third-order valence-electron chi connectivity index (χ3n) is 2.48. The van der Waals surface area contributed by atoms with Crippen molar-refractivity contribution in [1.29, 1.82) is 0 Å². The Bertz CT molecular complexity index is 521. The van der Waals surface area contributed by atoms with E-state index in [4.69, 9.17) is 0 Å². The molecule has 6 nitrogen and oxygen atoms in total. The molecule has 0 fully saturated rings. The van der Waals surface area contributed by atoms with Gasteiger partial charge in [0.1, 0.15) is 5.69 Å². The molecule has 0 aliphatic carbocycles. The summed E-state index contributed by atoms with van der Waals surface area (Å²) in [5.74, 6) is 0.480. The van der Waals surface area contributed by atoms with Gasteiger partial charge in [-0.25, -0.2) is 0 Å². The Kier molecular flexibility index (Phi) is 4.14. The van der Waals surface area contributed by atoms with E-state index in [1.54, 1.807) is 6.07 Å². The van der Waals surface area contributed by atoms with Gasteiger partial charge in [0, 0.05) is 30.2 Å². The van der Waals surface area contributed by atoms with E-state index in [0.29, 0.717) is 24.5 Å². The van der Waals surface area contributed by atoms with Crippen molar-refractivity contribution in [2.75, 3.05) is 6.54 Å². The molecule has 0 aliphatic rings. The molecule has 96 valence electrons. The lowest BCUT2D eigenvalue weighted by atomic mass is 10.3. The van der Waals surface area contributed by atoms with E-state index in [2.05, 4.69) is 35.9 Å². The number of hydrogen-bond donors (Lipinski definition) is 1. The first kappa shape index (κ1) is 12.8. The van der Waals surface area contributed by atoms with Gasteiger partial charge in [0.05, 0.1) is 0 Å². The number of carbonyl (C=O) groups is 1. The second kappa shape index (κ2) is 5.81. The Morgan fingerprint density at radius 2 is 2.44 bits per heavy atom. The number of hydrogen-bond acceptors (Lipinski definition) is 4. The van der Waals surface area contributed by atoms with Crippen LogP contribution in [0.2, 0.25) is 0 Å². The summed E-state index contributed by atoms with van der Waals surface area (Å²) in [5, 5.41) is 6.50. The van der Waals surface area contributed by atoms with Gasteiger partial charge in [0.2, 0.25) is 6.39 Å². The molecule has 2 aromatic heterocycles. The summed E-state index contributed by atoms with van der Waals surface area (Å²) in [7, 11) is 0. The molecular formula is C11H13BrN4O2. The van der Waals surface area contributed by atoms with Crippen molar-refractivity contribution in [2.45, 2.75) is 19.9 Å². The van der Waals surface area contributed by atoms with Gasteiger partial charge >= 0.3 is 0 Å². The van der Waals surface area contributed by atoms with E-state index < -0.39 is 0 Å². The zero-order chi connectivity index (χ0) is 13.0. The first-order valence-electron chi connectivity index (χ1n) is 5.60. The zero-order valence-electron chi connectivity index (χ0n) is 9.89. The van der Waals surface area contributed by atoms with E-state index in [1.165, 1.54) is 6.39 Å². The van der Waals surface area contributed by atoms with Gasteiger partial charge in [-0.1, -0.05) is 5.16 Å². The van der Waals surface area contributed by atoms with Crippen LogP contribution < -0.4 is 5.32 Å². The summed E-state index contributed by atoms with van der Waals surface area (Å²) in [6.07, 6.45) is 3.71. The lowest BCUT2D eigenvalue weighted by molar-refractivity contribution is 0.0945. The maximum atomic E-state index is 11.9. The number of aryl methyl sites for hydroxylation is 1. The molecule has 0 aliphatic heterocycles. The summed E-state index contributed by atoms with van der Waals surface area (Å²) >= 11 is 3.36. The zero-order valence-corrected chi connectivity index (χ0v) is 11.5. The summed E-state index contributed by atoms with van der Waals surface area (Å²) in [4.78, 5) is 15.8. The number of nitrogens with zero attached hydrogens (tertiary/aromatic N) is 3. The van der Waals surface area contributed by atoms with Crippen LogP contribution in [0.3, 0.4) is 0 Å².